The van der Waals surface area contributed by atoms with Crippen molar-refractivity contribution in [1.82, 2.24) is 0 Å². The largest absolute Gasteiger partial charge is 0.479 e. The first-order valence-electron chi connectivity index (χ1n) is 10.6. The molecule has 0 amide bonds. The molecule has 152 valence electrons. The number of hydrogen-bond acceptors (Lipinski definition) is 4. The Bertz CT molecular complexity index is 780. The zero-order valence-corrected chi connectivity index (χ0v) is 16.9. The van der Waals surface area contributed by atoms with Gasteiger partial charge in [-0.1, -0.05) is 30.5 Å². The highest BCUT2D eigenvalue weighted by molar-refractivity contribution is 5.96. The molecular formula is C23H31NO4. The molecule has 0 spiro atoms. The summed E-state index contributed by atoms with van der Waals surface area (Å²) in [7, 11) is 0. The van der Waals surface area contributed by atoms with E-state index in [0.29, 0.717) is 17.8 Å². The summed E-state index contributed by atoms with van der Waals surface area (Å²) in [4.78, 5) is 15.6. The second kappa shape index (κ2) is 6.62. The fourth-order valence-electron chi connectivity index (χ4n) is 7.07. The Hall–Kier alpha value is -1.80. The topological polar surface area (TPSA) is 79.1 Å². The molecule has 0 bridgehead atoms. The van der Waals surface area contributed by atoms with Crippen molar-refractivity contribution in [1.29, 1.82) is 0 Å². The van der Waals surface area contributed by atoms with E-state index in [9.17, 15) is 9.90 Å². The summed E-state index contributed by atoms with van der Waals surface area (Å²) in [5, 5.41) is 23.8. The number of rotatable bonds is 3. The Morgan fingerprint density at radius 3 is 2.71 bits per heavy atom. The maximum Gasteiger partial charge on any atom is 0.344 e. The van der Waals surface area contributed by atoms with Crippen LogP contribution >= 0.6 is 0 Å². The summed E-state index contributed by atoms with van der Waals surface area (Å²) in [5.41, 5.74) is 1.34. The van der Waals surface area contributed by atoms with Crippen LogP contribution in [0.15, 0.2) is 16.8 Å². The smallest absolute Gasteiger partial charge is 0.344 e. The summed E-state index contributed by atoms with van der Waals surface area (Å²) in [6.45, 7) is 4.22. The molecule has 4 aliphatic rings. The number of terminal acetylenes is 1. The normalized spacial score (nSPS) is 46.0. The molecule has 2 N–H and O–H groups in total. The molecule has 0 saturated heterocycles. The van der Waals surface area contributed by atoms with Crippen molar-refractivity contribution in [2.24, 2.45) is 33.7 Å². The van der Waals surface area contributed by atoms with Gasteiger partial charge >= 0.3 is 5.97 Å². The van der Waals surface area contributed by atoms with E-state index in [1.165, 1.54) is 5.57 Å². The molecule has 3 fully saturated rings. The van der Waals surface area contributed by atoms with Gasteiger partial charge < -0.3 is 15.1 Å². The third-order valence-electron chi connectivity index (χ3n) is 8.74. The van der Waals surface area contributed by atoms with E-state index in [2.05, 4.69) is 31.0 Å². The Balaban J connectivity index is 1.57. The number of fused-ring (bicyclic) bond motifs is 5. The van der Waals surface area contributed by atoms with Crippen molar-refractivity contribution in [2.75, 3.05) is 6.61 Å². The fourth-order valence-corrected chi connectivity index (χ4v) is 7.07. The maximum atomic E-state index is 11.1. The molecular weight excluding hydrogens is 354 g/mol. The molecule has 4 rings (SSSR count). The summed E-state index contributed by atoms with van der Waals surface area (Å²) in [6.07, 6.45) is 15.8. The zero-order valence-electron chi connectivity index (χ0n) is 16.9. The summed E-state index contributed by atoms with van der Waals surface area (Å²) >= 11 is 0. The highest BCUT2D eigenvalue weighted by Crippen LogP contribution is 2.67. The van der Waals surface area contributed by atoms with E-state index in [-0.39, 0.29) is 10.8 Å². The molecule has 5 heteroatoms. The lowest BCUT2D eigenvalue weighted by molar-refractivity contribution is -0.142. The molecule has 0 heterocycles. The first kappa shape index (κ1) is 19.5. The van der Waals surface area contributed by atoms with Crippen LogP contribution in [0.5, 0.6) is 0 Å². The predicted molar refractivity (Wildman–Crippen MR) is 107 cm³/mol. The van der Waals surface area contributed by atoms with Gasteiger partial charge in [0, 0.05) is 5.41 Å². The van der Waals surface area contributed by atoms with Crippen LogP contribution in [0.4, 0.5) is 0 Å². The van der Waals surface area contributed by atoms with E-state index in [4.69, 9.17) is 16.4 Å². The molecule has 6 atom stereocenters. The first-order valence-corrected chi connectivity index (χ1v) is 10.6. The molecule has 0 aromatic carbocycles. The van der Waals surface area contributed by atoms with Crippen LogP contribution in [0, 0.1) is 40.9 Å². The first-order chi connectivity index (χ1) is 13.2. The minimum absolute atomic E-state index is 0.160. The number of aliphatic carboxylic acids is 1. The molecule has 0 aromatic rings. The van der Waals surface area contributed by atoms with Gasteiger partial charge in [0.25, 0.3) is 0 Å². The lowest BCUT2D eigenvalue weighted by Gasteiger charge is -2.58. The van der Waals surface area contributed by atoms with Crippen molar-refractivity contribution in [3.05, 3.63) is 11.6 Å². The Morgan fingerprint density at radius 2 is 2.00 bits per heavy atom. The number of oxime groups is 1. The highest BCUT2D eigenvalue weighted by atomic mass is 16.6. The SMILES string of the molecule is C#C[C@@]1(O)CC[C@@H]2[C@@H]3CCC4=CC(=NOCC(=O)O)CC[C@]4(C)[C@@H]3CC[C@@]21C. The van der Waals surface area contributed by atoms with Crippen LogP contribution < -0.4 is 0 Å². The zero-order chi connectivity index (χ0) is 20.2. The fraction of sp³-hybridized carbons (Fsp3) is 0.739. The lowest BCUT2D eigenvalue weighted by atomic mass is 9.46. The molecule has 0 unspecified atom stereocenters. The number of carbonyl (C=O) groups is 1. The van der Waals surface area contributed by atoms with Gasteiger partial charge in [-0.3, -0.25) is 0 Å². The second-order valence-electron chi connectivity index (χ2n) is 9.75. The Morgan fingerprint density at radius 1 is 1.25 bits per heavy atom. The van der Waals surface area contributed by atoms with Gasteiger partial charge in [0.2, 0.25) is 6.61 Å². The monoisotopic (exact) mass is 385 g/mol. The maximum absolute atomic E-state index is 11.1. The predicted octanol–water partition coefficient (Wildman–Crippen LogP) is 3.77. The van der Waals surface area contributed by atoms with E-state index >= 15 is 0 Å². The third kappa shape index (κ3) is 2.72. The van der Waals surface area contributed by atoms with Crippen molar-refractivity contribution < 1.29 is 19.8 Å². The van der Waals surface area contributed by atoms with Crippen LogP contribution in [-0.4, -0.2) is 34.1 Å². The molecule has 0 radical (unpaired) electrons. The number of hydrogen-bond donors (Lipinski definition) is 2. The molecule has 4 aliphatic carbocycles. The van der Waals surface area contributed by atoms with Gasteiger partial charge in [-0.05, 0) is 80.6 Å². The number of nitrogens with zero attached hydrogens (tertiary/aromatic N) is 1. The number of carboxylic acid groups (broad SMARTS) is 1. The average Bonchev–Trinajstić information content (AvgIpc) is 2.93. The van der Waals surface area contributed by atoms with Crippen molar-refractivity contribution in [2.45, 2.75) is 70.8 Å². The van der Waals surface area contributed by atoms with Crippen molar-refractivity contribution >= 4 is 11.7 Å². The Labute approximate surface area is 167 Å². The minimum Gasteiger partial charge on any atom is -0.479 e. The van der Waals surface area contributed by atoms with Gasteiger partial charge in [-0.15, -0.1) is 6.42 Å². The van der Waals surface area contributed by atoms with Crippen LogP contribution in [0.1, 0.15) is 65.2 Å². The summed E-state index contributed by atoms with van der Waals surface area (Å²) < 4.78 is 0. The number of carboxylic acids is 1. The van der Waals surface area contributed by atoms with Crippen LogP contribution in [-0.2, 0) is 9.63 Å². The van der Waals surface area contributed by atoms with E-state index in [1.54, 1.807) is 0 Å². The molecule has 0 aromatic heterocycles. The van der Waals surface area contributed by atoms with Gasteiger partial charge in [-0.25, -0.2) is 4.79 Å². The van der Waals surface area contributed by atoms with Crippen LogP contribution in [0.2, 0.25) is 0 Å². The van der Waals surface area contributed by atoms with Crippen molar-refractivity contribution in [3.63, 3.8) is 0 Å². The molecule has 5 nitrogen and oxygen atoms in total. The van der Waals surface area contributed by atoms with Crippen molar-refractivity contribution in [3.8, 4) is 12.3 Å². The third-order valence-corrected chi connectivity index (χ3v) is 8.74. The molecule has 0 aliphatic heterocycles. The average molecular weight is 386 g/mol. The van der Waals surface area contributed by atoms with Gasteiger partial charge in [0.15, 0.2) is 0 Å². The quantitative estimate of drug-likeness (QED) is 0.572. The van der Waals surface area contributed by atoms with Gasteiger partial charge in [0.05, 0.1) is 5.71 Å². The highest BCUT2D eigenvalue weighted by Gasteiger charge is 2.63. The van der Waals surface area contributed by atoms with Crippen LogP contribution in [0.3, 0.4) is 0 Å². The summed E-state index contributed by atoms with van der Waals surface area (Å²) in [6, 6.07) is 0. The second-order valence-corrected chi connectivity index (χ2v) is 9.75. The number of allylic oxidation sites excluding steroid dienone is 2. The van der Waals surface area contributed by atoms with E-state index in [1.807, 2.05) is 0 Å². The lowest BCUT2D eigenvalue weighted by Crippen LogP contribution is -2.54. The van der Waals surface area contributed by atoms with E-state index in [0.717, 1.165) is 57.1 Å². The van der Waals surface area contributed by atoms with Gasteiger partial charge in [0.1, 0.15) is 5.60 Å². The molecule has 3 saturated carbocycles. The minimum atomic E-state index is -1.01. The van der Waals surface area contributed by atoms with Gasteiger partial charge in [-0.2, -0.15) is 0 Å². The Kier molecular flexibility index (Phi) is 4.62. The summed E-state index contributed by atoms with van der Waals surface area (Å²) in [5.74, 6) is 3.47. The standard InChI is InChI=1S/C23H31NO4/c1-4-23(27)12-9-19-17-6-5-15-13-16(24-28-14-20(25)26)7-10-21(15,2)18(17)8-11-22(19,23)3/h1,13,17-19,27H,5-12,14H2,2-3H3,(H,25,26)/t17-,18-,19-,21+,22+,23-/m1/s1. The van der Waals surface area contributed by atoms with E-state index < -0.39 is 18.2 Å². The number of aliphatic hydroxyl groups is 1. The van der Waals surface area contributed by atoms with Crippen LogP contribution in [0.25, 0.3) is 0 Å². The molecule has 28 heavy (non-hydrogen) atoms.